The Morgan fingerprint density at radius 1 is 1.43 bits per heavy atom. The third kappa shape index (κ3) is 6.19. The van der Waals surface area contributed by atoms with E-state index in [1.807, 2.05) is 13.2 Å². The molecule has 1 aliphatic carbocycles. The Morgan fingerprint density at radius 2 is 2.22 bits per heavy atom. The summed E-state index contributed by atoms with van der Waals surface area (Å²) in [6.07, 6.45) is 8.04. The Morgan fingerprint density at radius 3 is 2.74 bits per heavy atom. The van der Waals surface area contributed by atoms with Gasteiger partial charge in [-0.05, 0) is 31.1 Å². The highest BCUT2D eigenvalue weighted by Gasteiger charge is 2.36. The van der Waals surface area contributed by atoms with Crippen LogP contribution in [0.1, 0.15) is 42.5 Å². The van der Waals surface area contributed by atoms with Crippen molar-refractivity contribution in [3.63, 3.8) is 0 Å². The lowest BCUT2D eigenvalue weighted by Crippen LogP contribution is -2.46. The van der Waals surface area contributed by atoms with Crippen molar-refractivity contribution in [2.24, 2.45) is 10.4 Å². The molecule has 0 saturated heterocycles. The van der Waals surface area contributed by atoms with Crippen molar-refractivity contribution in [2.75, 3.05) is 27.3 Å². The van der Waals surface area contributed by atoms with Crippen molar-refractivity contribution >= 4 is 41.3 Å². The molecule has 0 atom stereocenters. The molecule has 1 saturated carbocycles. The molecule has 1 aliphatic rings. The molecule has 0 unspecified atom stereocenters. The molecule has 0 bridgehead atoms. The lowest BCUT2D eigenvalue weighted by Gasteiger charge is -2.42. The van der Waals surface area contributed by atoms with Gasteiger partial charge in [-0.3, -0.25) is 4.99 Å². The SMILES string of the molecule is CCc1cnc(CNC(=NC)NCC2(CCOC)CCC2)s1.I. The van der Waals surface area contributed by atoms with E-state index in [9.17, 15) is 0 Å². The first-order valence-electron chi connectivity index (χ1n) is 8.08. The largest absolute Gasteiger partial charge is 0.385 e. The van der Waals surface area contributed by atoms with Gasteiger partial charge in [-0.25, -0.2) is 4.98 Å². The van der Waals surface area contributed by atoms with Crippen LogP contribution in [0.25, 0.3) is 0 Å². The summed E-state index contributed by atoms with van der Waals surface area (Å²) in [5.74, 6) is 0.858. The molecule has 0 aliphatic heterocycles. The molecule has 132 valence electrons. The lowest BCUT2D eigenvalue weighted by molar-refractivity contribution is 0.0732. The minimum atomic E-state index is 0. The number of halogens is 1. The Hall–Kier alpha value is -0.410. The summed E-state index contributed by atoms with van der Waals surface area (Å²) in [6.45, 7) is 4.69. The predicted molar refractivity (Wildman–Crippen MR) is 108 cm³/mol. The first kappa shape index (κ1) is 20.6. The van der Waals surface area contributed by atoms with Gasteiger partial charge in [-0.2, -0.15) is 0 Å². The van der Waals surface area contributed by atoms with E-state index in [1.54, 1.807) is 18.4 Å². The van der Waals surface area contributed by atoms with Crippen LogP contribution in [-0.4, -0.2) is 38.3 Å². The van der Waals surface area contributed by atoms with Crippen LogP contribution in [0.3, 0.4) is 0 Å². The normalized spacial score (nSPS) is 16.4. The fourth-order valence-corrected chi connectivity index (χ4v) is 3.56. The van der Waals surface area contributed by atoms with Crippen molar-refractivity contribution in [2.45, 2.75) is 45.6 Å². The molecule has 23 heavy (non-hydrogen) atoms. The summed E-state index contributed by atoms with van der Waals surface area (Å²) < 4.78 is 5.24. The number of ether oxygens (including phenoxy) is 1. The van der Waals surface area contributed by atoms with Crippen LogP contribution in [0.5, 0.6) is 0 Å². The first-order valence-corrected chi connectivity index (χ1v) is 8.90. The summed E-state index contributed by atoms with van der Waals surface area (Å²) >= 11 is 1.76. The highest BCUT2D eigenvalue weighted by atomic mass is 127. The van der Waals surface area contributed by atoms with Crippen LogP contribution >= 0.6 is 35.3 Å². The van der Waals surface area contributed by atoms with Crippen LogP contribution in [0.2, 0.25) is 0 Å². The van der Waals surface area contributed by atoms with E-state index < -0.39 is 0 Å². The highest BCUT2D eigenvalue weighted by molar-refractivity contribution is 14.0. The fourth-order valence-electron chi connectivity index (χ4n) is 2.75. The van der Waals surface area contributed by atoms with E-state index in [2.05, 4.69) is 27.5 Å². The number of aliphatic imine (C=N–C) groups is 1. The summed E-state index contributed by atoms with van der Waals surface area (Å²) in [4.78, 5) is 10.1. The van der Waals surface area contributed by atoms with E-state index in [0.29, 0.717) is 5.41 Å². The van der Waals surface area contributed by atoms with Gasteiger partial charge < -0.3 is 15.4 Å². The third-order valence-electron chi connectivity index (χ3n) is 4.46. The summed E-state index contributed by atoms with van der Waals surface area (Å²) in [5, 5.41) is 7.94. The second-order valence-corrected chi connectivity index (χ2v) is 7.15. The zero-order valence-corrected chi connectivity index (χ0v) is 17.5. The van der Waals surface area contributed by atoms with Gasteiger partial charge in [-0.1, -0.05) is 13.3 Å². The van der Waals surface area contributed by atoms with Crippen molar-refractivity contribution in [1.82, 2.24) is 15.6 Å². The van der Waals surface area contributed by atoms with Gasteiger partial charge in [0.05, 0.1) is 6.54 Å². The number of rotatable bonds is 8. The first-order chi connectivity index (χ1) is 10.7. The molecule has 7 heteroatoms. The predicted octanol–water partition coefficient (Wildman–Crippen LogP) is 3.20. The van der Waals surface area contributed by atoms with Crippen molar-refractivity contribution in [1.29, 1.82) is 0 Å². The van der Waals surface area contributed by atoms with Gasteiger partial charge in [0.15, 0.2) is 5.96 Å². The van der Waals surface area contributed by atoms with Crippen molar-refractivity contribution in [3.05, 3.63) is 16.1 Å². The maximum absolute atomic E-state index is 5.24. The zero-order chi connectivity index (χ0) is 15.8. The Bertz CT molecular complexity index is 488. The second kappa shape index (κ2) is 10.5. The number of thiazole rings is 1. The van der Waals surface area contributed by atoms with Gasteiger partial charge in [0.25, 0.3) is 0 Å². The standard InChI is InChI=1S/C16H28N4OS.HI/c1-4-13-10-18-14(22-13)11-19-15(17-2)20-12-16(6-5-7-16)8-9-21-3;/h10H,4-9,11-12H2,1-3H3,(H2,17,19,20);1H. The molecular weight excluding hydrogens is 423 g/mol. The minimum absolute atomic E-state index is 0. The van der Waals surface area contributed by atoms with Crippen molar-refractivity contribution < 1.29 is 4.74 Å². The molecule has 0 spiro atoms. The van der Waals surface area contributed by atoms with E-state index in [-0.39, 0.29) is 24.0 Å². The van der Waals surface area contributed by atoms with E-state index >= 15 is 0 Å². The molecule has 1 heterocycles. The van der Waals surface area contributed by atoms with Gasteiger partial charge >= 0.3 is 0 Å². The van der Waals surface area contributed by atoms with E-state index in [1.165, 1.54) is 24.1 Å². The molecule has 2 rings (SSSR count). The quantitative estimate of drug-likeness (QED) is 0.362. The third-order valence-corrected chi connectivity index (χ3v) is 5.60. The van der Waals surface area contributed by atoms with Crippen LogP contribution in [0.15, 0.2) is 11.2 Å². The van der Waals surface area contributed by atoms with Gasteiger partial charge in [0.1, 0.15) is 5.01 Å². The number of hydrogen-bond acceptors (Lipinski definition) is 4. The van der Waals surface area contributed by atoms with Gasteiger partial charge in [0.2, 0.25) is 0 Å². The minimum Gasteiger partial charge on any atom is -0.385 e. The average molecular weight is 452 g/mol. The maximum atomic E-state index is 5.24. The highest BCUT2D eigenvalue weighted by Crippen LogP contribution is 2.43. The van der Waals surface area contributed by atoms with Gasteiger partial charge in [-0.15, -0.1) is 35.3 Å². The van der Waals surface area contributed by atoms with Crippen LogP contribution < -0.4 is 10.6 Å². The summed E-state index contributed by atoms with van der Waals surface area (Å²) in [7, 11) is 3.59. The molecule has 0 radical (unpaired) electrons. The lowest BCUT2D eigenvalue weighted by atomic mass is 9.67. The summed E-state index contributed by atoms with van der Waals surface area (Å²) in [6, 6.07) is 0. The monoisotopic (exact) mass is 452 g/mol. The Labute approximate surface area is 160 Å². The smallest absolute Gasteiger partial charge is 0.191 e. The number of methoxy groups -OCH3 is 1. The van der Waals surface area contributed by atoms with Gasteiger partial charge in [0, 0.05) is 38.4 Å². The molecule has 2 N–H and O–H groups in total. The fraction of sp³-hybridized carbons (Fsp3) is 0.750. The number of nitrogens with one attached hydrogen (secondary N) is 2. The molecule has 0 amide bonds. The maximum Gasteiger partial charge on any atom is 0.191 e. The Balaban J connectivity index is 0.00000264. The molecular formula is C16H29IN4OS. The average Bonchev–Trinajstić information content (AvgIpc) is 2.96. The van der Waals surface area contributed by atoms with Crippen LogP contribution in [0.4, 0.5) is 0 Å². The second-order valence-electron chi connectivity index (χ2n) is 5.95. The number of guanidine groups is 1. The summed E-state index contributed by atoms with van der Waals surface area (Å²) in [5.41, 5.74) is 0.393. The number of aryl methyl sites for hydroxylation is 1. The molecule has 5 nitrogen and oxygen atoms in total. The number of nitrogens with zero attached hydrogens (tertiary/aromatic N) is 2. The molecule has 1 aromatic heterocycles. The molecule has 0 aromatic carbocycles. The van der Waals surface area contributed by atoms with Crippen LogP contribution in [-0.2, 0) is 17.7 Å². The van der Waals surface area contributed by atoms with E-state index in [0.717, 1.165) is 43.5 Å². The topological polar surface area (TPSA) is 58.5 Å². The van der Waals surface area contributed by atoms with Crippen LogP contribution in [0, 0.1) is 5.41 Å². The Kier molecular flexibility index (Phi) is 9.38. The molecule has 1 aromatic rings. The number of aromatic nitrogens is 1. The molecule has 1 fully saturated rings. The van der Waals surface area contributed by atoms with Crippen molar-refractivity contribution in [3.8, 4) is 0 Å². The zero-order valence-electron chi connectivity index (χ0n) is 14.4. The number of hydrogen-bond donors (Lipinski definition) is 2. The van der Waals surface area contributed by atoms with E-state index in [4.69, 9.17) is 4.74 Å².